The quantitative estimate of drug-likeness (QED) is 0.499. The lowest BCUT2D eigenvalue weighted by molar-refractivity contribution is -0.138. The van der Waals surface area contributed by atoms with Crippen LogP contribution in [0.15, 0.2) is 6.20 Å². The summed E-state index contributed by atoms with van der Waals surface area (Å²) in [5, 5.41) is 19.1. The maximum atomic E-state index is 11.2. The molecule has 24 heavy (non-hydrogen) atoms. The molecule has 0 unspecified atom stereocenters. The molecule has 1 amide bonds. The molecule has 136 valence electrons. The third-order valence-corrected chi connectivity index (χ3v) is 3.12. The average Bonchev–Trinajstić information content (AvgIpc) is 3.00. The molecule has 1 rings (SSSR count). The Morgan fingerprint density at radius 1 is 1.21 bits per heavy atom. The first-order valence-electron chi connectivity index (χ1n) is 8.03. The van der Waals surface area contributed by atoms with Gasteiger partial charge in [-0.2, -0.15) is 0 Å². The summed E-state index contributed by atoms with van der Waals surface area (Å²) >= 11 is 0. The van der Waals surface area contributed by atoms with E-state index in [4.69, 9.17) is 14.6 Å². The fraction of sp³-hybridized carbons (Fsp3) is 0.733. The van der Waals surface area contributed by atoms with Gasteiger partial charge in [-0.25, -0.2) is 4.68 Å². The van der Waals surface area contributed by atoms with Crippen molar-refractivity contribution >= 4 is 11.9 Å². The zero-order valence-corrected chi connectivity index (χ0v) is 14.2. The van der Waals surface area contributed by atoms with Gasteiger partial charge in [-0.15, -0.1) is 5.10 Å². The van der Waals surface area contributed by atoms with Crippen molar-refractivity contribution in [2.75, 3.05) is 33.0 Å². The van der Waals surface area contributed by atoms with Gasteiger partial charge in [0.05, 0.1) is 45.1 Å². The minimum Gasteiger partial charge on any atom is -0.481 e. The number of aromatic nitrogens is 3. The number of amides is 1. The standard InChI is InChI=1S/C15H26N4O5/c1-12(2)13-11-19(18-17-13)6-8-24-10-9-23-7-5-16-14(20)3-4-15(21)22/h11-12H,3-10H2,1-2H3,(H,16,20)(H,21,22). The molecule has 0 aliphatic rings. The number of nitrogens with zero attached hydrogens (tertiary/aromatic N) is 3. The van der Waals surface area contributed by atoms with Gasteiger partial charge >= 0.3 is 5.97 Å². The van der Waals surface area contributed by atoms with Crippen molar-refractivity contribution in [3.8, 4) is 0 Å². The van der Waals surface area contributed by atoms with E-state index >= 15 is 0 Å². The van der Waals surface area contributed by atoms with E-state index in [0.717, 1.165) is 5.69 Å². The Kier molecular flexibility index (Phi) is 9.62. The minimum absolute atomic E-state index is 0.0146. The molecular weight excluding hydrogens is 316 g/mol. The second-order valence-electron chi connectivity index (χ2n) is 5.53. The Morgan fingerprint density at radius 2 is 1.92 bits per heavy atom. The van der Waals surface area contributed by atoms with Gasteiger partial charge in [0.1, 0.15) is 0 Å². The summed E-state index contributed by atoms with van der Waals surface area (Å²) in [4.78, 5) is 21.5. The van der Waals surface area contributed by atoms with Crippen molar-refractivity contribution in [3.05, 3.63) is 11.9 Å². The maximum Gasteiger partial charge on any atom is 0.303 e. The fourth-order valence-corrected chi connectivity index (χ4v) is 1.74. The lowest BCUT2D eigenvalue weighted by Crippen LogP contribution is -2.27. The summed E-state index contributed by atoms with van der Waals surface area (Å²) in [6, 6.07) is 0. The molecule has 0 atom stereocenters. The van der Waals surface area contributed by atoms with Crippen LogP contribution in [0.25, 0.3) is 0 Å². The lowest BCUT2D eigenvalue weighted by Gasteiger charge is -2.07. The van der Waals surface area contributed by atoms with Crippen molar-refractivity contribution in [1.29, 1.82) is 0 Å². The highest BCUT2D eigenvalue weighted by atomic mass is 16.5. The minimum atomic E-state index is -0.982. The Balaban J connectivity index is 1.91. The highest BCUT2D eigenvalue weighted by molar-refractivity contribution is 5.80. The SMILES string of the molecule is CC(C)c1cn(CCOCCOCCNC(=O)CCC(=O)O)nn1. The molecule has 1 heterocycles. The summed E-state index contributed by atoms with van der Waals surface area (Å²) < 4.78 is 12.5. The van der Waals surface area contributed by atoms with E-state index in [1.54, 1.807) is 4.68 Å². The normalized spacial score (nSPS) is 11.0. The molecule has 9 nitrogen and oxygen atoms in total. The molecule has 2 N–H and O–H groups in total. The number of hydrogen-bond acceptors (Lipinski definition) is 6. The van der Waals surface area contributed by atoms with Crippen LogP contribution in [0.4, 0.5) is 0 Å². The molecule has 0 aliphatic heterocycles. The number of nitrogens with one attached hydrogen (secondary N) is 1. The van der Waals surface area contributed by atoms with Crippen LogP contribution in [0.1, 0.15) is 38.3 Å². The molecule has 1 aromatic rings. The molecule has 0 aromatic carbocycles. The molecule has 0 bridgehead atoms. The molecule has 0 fully saturated rings. The van der Waals surface area contributed by atoms with Gasteiger partial charge < -0.3 is 19.9 Å². The molecule has 0 radical (unpaired) electrons. The largest absolute Gasteiger partial charge is 0.481 e. The van der Waals surface area contributed by atoms with Gasteiger partial charge in [-0.3, -0.25) is 9.59 Å². The van der Waals surface area contributed by atoms with E-state index in [2.05, 4.69) is 29.5 Å². The van der Waals surface area contributed by atoms with E-state index in [-0.39, 0.29) is 18.7 Å². The van der Waals surface area contributed by atoms with E-state index in [1.165, 1.54) is 0 Å². The van der Waals surface area contributed by atoms with Gasteiger partial charge in [-0.1, -0.05) is 19.1 Å². The number of rotatable bonds is 13. The number of carboxylic acid groups (broad SMARTS) is 1. The molecule has 9 heteroatoms. The fourth-order valence-electron chi connectivity index (χ4n) is 1.74. The number of carbonyl (C=O) groups is 2. The smallest absolute Gasteiger partial charge is 0.303 e. The van der Waals surface area contributed by atoms with Gasteiger partial charge in [0.2, 0.25) is 5.91 Å². The van der Waals surface area contributed by atoms with Gasteiger partial charge in [0, 0.05) is 19.2 Å². The van der Waals surface area contributed by atoms with E-state index < -0.39 is 5.97 Å². The molecular formula is C15H26N4O5. The van der Waals surface area contributed by atoms with Crippen LogP contribution in [0.3, 0.4) is 0 Å². The number of aliphatic carboxylic acids is 1. The van der Waals surface area contributed by atoms with Crippen molar-refractivity contribution in [3.63, 3.8) is 0 Å². The van der Waals surface area contributed by atoms with Gasteiger partial charge in [-0.05, 0) is 5.92 Å². The van der Waals surface area contributed by atoms with Crippen molar-refractivity contribution in [1.82, 2.24) is 20.3 Å². The van der Waals surface area contributed by atoms with Crippen LogP contribution in [0.5, 0.6) is 0 Å². The third-order valence-electron chi connectivity index (χ3n) is 3.12. The van der Waals surface area contributed by atoms with Crippen molar-refractivity contribution < 1.29 is 24.2 Å². The Labute approximate surface area is 141 Å². The molecule has 0 aliphatic carbocycles. The van der Waals surface area contributed by atoms with Crippen LogP contribution in [0, 0.1) is 0 Å². The summed E-state index contributed by atoms with van der Waals surface area (Å²) in [5.74, 6) is -0.909. The summed E-state index contributed by atoms with van der Waals surface area (Å²) in [6.45, 7) is 6.90. The highest BCUT2D eigenvalue weighted by Crippen LogP contribution is 2.08. The zero-order valence-electron chi connectivity index (χ0n) is 14.2. The first-order valence-corrected chi connectivity index (χ1v) is 8.03. The van der Waals surface area contributed by atoms with Crippen LogP contribution < -0.4 is 5.32 Å². The molecule has 1 aromatic heterocycles. The average molecular weight is 342 g/mol. The molecule has 0 spiro atoms. The van der Waals surface area contributed by atoms with E-state index in [1.807, 2.05) is 6.20 Å². The summed E-state index contributed by atoms with van der Waals surface area (Å²) in [6.07, 6.45) is 1.74. The van der Waals surface area contributed by atoms with Crippen LogP contribution in [-0.2, 0) is 25.6 Å². The molecule has 0 saturated carbocycles. The van der Waals surface area contributed by atoms with Gasteiger partial charge in [0.25, 0.3) is 0 Å². The highest BCUT2D eigenvalue weighted by Gasteiger charge is 2.05. The Morgan fingerprint density at radius 3 is 2.54 bits per heavy atom. The predicted octanol–water partition coefficient (Wildman–Crippen LogP) is 0.416. The Bertz CT molecular complexity index is 504. The second kappa shape index (κ2) is 11.5. The topological polar surface area (TPSA) is 116 Å². The van der Waals surface area contributed by atoms with E-state index in [0.29, 0.717) is 45.4 Å². The predicted molar refractivity (Wildman–Crippen MR) is 85.6 cm³/mol. The number of carboxylic acids is 1. The van der Waals surface area contributed by atoms with Crippen molar-refractivity contribution in [2.24, 2.45) is 0 Å². The van der Waals surface area contributed by atoms with Crippen LogP contribution >= 0.6 is 0 Å². The van der Waals surface area contributed by atoms with E-state index in [9.17, 15) is 9.59 Å². The lowest BCUT2D eigenvalue weighted by atomic mass is 10.2. The molecule has 0 saturated heterocycles. The van der Waals surface area contributed by atoms with Crippen LogP contribution in [-0.4, -0.2) is 64.9 Å². The maximum absolute atomic E-state index is 11.2. The Hall–Kier alpha value is -2.00. The third kappa shape index (κ3) is 9.21. The van der Waals surface area contributed by atoms with Crippen molar-refractivity contribution in [2.45, 2.75) is 39.2 Å². The van der Waals surface area contributed by atoms with Crippen LogP contribution in [0.2, 0.25) is 0 Å². The zero-order chi connectivity index (χ0) is 17.8. The summed E-state index contributed by atoms with van der Waals surface area (Å²) in [7, 11) is 0. The number of carbonyl (C=O) groups excluding carboxylic acids is 1. The monoisotopic (exact) mass is 342 g/mol. The number of hydrogen-bond donors (Lipinski definition) is 2. The second-order valence-corrected chi connectivity index (χ2v) is 5.53. The number of ether oxygens (including phenoxy) is 2. The van der Waals surface area contributed by atoms with Gasteiger partial charge in [0.15, 0.2) is 0 Å². The summed E-state index contributed by atoms with van der Waals surface area (Å²) in [5.41, 5.74) is 0.962. The first kappa shape index (κ1) is 20.0. The first-order chi connectivity index (χ1) is 11.5.